The number of amides is 2. The van der Waals surface area contributed by atoms with Crippen molar-refractivity contribution in [3.05, 3.63) is 16.0 Å². The van der Waals surface area contributed by atoms with Gasteiger partial charge in [0.15, 0.2) is 0 Å². The summed E-state index contributed by atoms with van der Waals surface area (Å²) in [6, 6.07) is 0. The fourth-order valence-electron chi connectivity index (χ4n) is 2.14. The number of nitrogens with one attached hydrogen (secondary N) is 2. The molecule has 0 saturated carbocycles. The topological polar surface area (TPSA) is 84.2 Å². The molecule has 0 saturated heterocycles. The summed E-state index contributed by atoms with van der Waals surface area (Å²) in [7, 11) is 0. The van der Waals surface area contributed by atoms with Gasteiger partial charge in [0.2, 0.25) is 5.91 Å². The first kappa shape index (κ1) is 17.7. The summed E-state index contributed by atoms with van der Waals surface area (Å²) >= 11 is 1.45. The lowest BCUT2D eigenvalue weighted by Gasteiger charge is -2.13. The molecule has 118 valence electrons. The highest BCUT2D eigenvalue weighted by atomic mass is 32.1. The van der Waals surface area contributed by atoms with Crippen molar-refractivity contribution in [2.45, 2.75) is 40.5 Å². The molecule has 0 bridgehead atoms. The second-order valence-corrected chi connectivity index (χ2v) is 6.26. The Morgan fingerprint density at radius 2 is 1.86 bits per heavy atom. The molecule has 0 unspecified atom stereocenters. The minimum atomic E-state index is -0.179. The number of nitrogens with two attached hydrogens (primary N) is 1. The normalized spacial score (nSPS) is 10.8. The highest BCUT2D eigenvalue weighted by Gasteiger charge is 2.22. The van der Waals surface area contributed by atoms with Crippen molar-refractivity contribution in [2.75, 3.05) is 18.4 Å². The zero-order valence-corrected chi connectivity index (χ0v) is 14.0. The average Bonchev–Trinajstić information content (AvgIpc) is 2.72. The van der Waals surface area contributed by atoms with E-state index in [4.69, 9.17) is 5.73 Å². The molecule has 1 heterocycles. The molecule has 6 heteroatoms. The molecule has 21 heavy (non-hydrogen) atoms. The molecule has 0 aliphatic heterocycles. The van der Waals surface area contributed by atoms with E-state index in [1.165, 1.54) is 11.3 Å². The van der Waals surface area contributed by atoms with Crippen LogP contribution in [0.15, 0.2) is 0 Å². The van der Waals surface area contributed by atoms with Crippen LogP contribution in [0, 0.1) is 19.8 Å². The molecule has 1 aromatic rings. The quantitative estimate of drug-likeness (QED) is 0.723. The predicted molar refractivity (Wildman–Crippen MR) is 87.9 cm³/mol. The van der Waals surface area contributed by atoms with Crippen LogP contribution < -0.4 is 16.4 Å². The first-order valence-corrected chi connectivity index (χ1v) is 8.16. The fourth-order valence-corrected chi connectivity index (χ4v) is 3.20. The summed E-state index contributed by atoms with van der Waals surface area (Å²) < 4.78 is 0. The number of carbonyl (C=O) groups excluding carboxylic acids is 2. The number of rotatable bonds is 7. The van der Waals surface area contributed by atoms with Gasteiger partial charge in [-0.15, -0.1) is 11.3 Å². The van der Waals surface area contributed by atoms with E-state index in [-0.39, 0.29) is 17.7 Å². The molecule has 0 radical (unpaired) electrons. The summed E-state index contributed by atoms with van der Waals surface area (Å²) in [5.74, 6) is -0.219. The maximum absolute atomic E-state index is 12.2. The van der Waals surface area contributed by atoms with Gasteiger partial charge in [0.1, 0.15) is 5.00 Å². The van der Waals surface area contributed by atoms with Gasteiger partial charge in [-0.25, -0.2) is 0 Å². The van der Waals surface area contributed by atoms with Crippen molar-refractivity contribution in [3.63, 3.8) is 0 Å². The molecule has 0 fully saturated rings. The van der Waals surface area contributed by atoms with Gasteiger partial charge in [0, 0.05) is 23.9 Å². The van der Waals surface area contributed by atoms with Gasteiger partial charge in [-0.3, -0.25) is 9.59 Å². The number of anilines is 1. The standard InChI is InChI=1S/C15H25N3O2S/c1-5-11(6-2)13(19)18-15-12(9(3)10(4)21-15)14(20)17-8-7-16/h11H,5-8,16H2,1-4H3,(H,17,20)(H,18,19). The van der Waals surface area contributed by atoms with E-state index >= 15 is 0 Å². The van der Waals surface area contributed by atoms with Crippen molar-refractivity contribution >= 4 is 28.2 Å². The van der Waals surface area contributed by atoms with Crippen molar-refractivity contribution in [1.82, 2.24) is 5.32 Å². The Bertz CT molecular complexity index is 507. The SMILES string of the molecule is CCC(CC)C(=O)Nc1sc(C)c(C)c1C(=O)NCCN. The minimum Gasteiger partial charge on any atom is -0.351 e. The Kier molecular flexibility index (Phi) is 6.84. The molecule has 0 aliphatic carbocycles. The smallest absolute Gasteiger partial charge is 0.254 e. The van der Waals surface area contributed by atoms with Crippen LogP contribution in [-0.4, -0.2) is 24.9 Å². The van der Waals surface area contributed by atoms with Crippen LogP contribution in [0.4, 0.5) is 5.00 Å². The highest BCUT2D eigenvalue weighted by molar-refractivity contribution is 7.16. The summed E-state index contributed by atoms with van der Waals surface area (Å²) in [5, 5.41) is 6.32. The molecule has 0 aromatic carbocycles. The van der Waals surface area contributed by atoms with Gasteiger partial charge < -0.3 is 16.4 Å². The summed E-state index contributed by atoms with van der Waals surface area (Å²) in [5.41, 5.74) is 6.88. The maximum atomic E-state index is 12.2. The van der Waals surface area contributed by atoms with E-state index < -0.39 is 0 Å². The number of thiophene rings is 1. The molecule has 1 rings (SSSR count). The zero-order valence-electron chi connectivity index (χ0n) is 13.2. The molecular weight excluding hydrogens is 286 g/mol. The maximum Gasteiger partial charge on any atom is 0.254 e. The van der Waals surface area contributed by atoms with Crippen LogP contribution >= 0.6 is 11.3 Å². The third kappa shape index (κ3) is 4.28. The molecule has 2 amide bonds. The summed E-state index contributed by atoms with van der Waals surface area (Å²) in [6.45, 7) is 8.65. The third-order valence-corrected chi connectivity index (χ3v) is 4.76. The lowest BCUT2D eigenvalue weighted by atomic mass is 10.0. The predicted octanol–water partition coefficient (Wildman–Crippen LogP) is 2.43. The number of hydrogen-bond donors (Lipinski definition) is 3. The average molecular weight is 311 g/mol. The number of hydrogen-bond acceptors (Lipinski definition) is 4. The highest BCUT2D eigenvalue weighted by Crippen LogP contribution is 2.33. The Hall–Kier alpha value is -1.40. The molecular formula is C15H25N3O2S. The van der Waals surface area contributed by atoms with Crippen LogP contribution in [0.3, 0.4) is 0 Å². The van der Waals surface area contributed by atoms with E-state index in [1.54, 1.807) is 0 Å². The summed E-state index contributed by atoms with van der Waals surface area (Å²) in [4.78, 5) is 25.5. The lowest BCUT2D eigenvalue weighted by molar-refractivity contribution is -0.120. The minimum absolute atomic E-state index is 0.0193. The Morgan fingerprint density at radius 3 is 2.38 bits per heavy atom. The van der Waals surface area contributed by atoms with Gasteiger partial charge in [-0.1, -0.05) is 13.8 Å². The second kappa shape index (κ2) is 8.14. The van der Waals surface area contributed by atoms with Crippen LogP contribution in [0.1, 0.15) is 47.5 Å². The first-order valence-electron chi connectivity index (χ1n) is 7.35. The Balaban J connectivity index is 2.99. The Morgan fingerprint density at radius 1 is 1.24 bits per heavy atom. The lowest BCUT2D eigenvalue weighted by Crippen LogP contribution is -2.30. The van der Waals surface area contributed by atoms with E-state index in [1.807, 2.05) is 27.7 Å². The largest absolute Gasteiger partial charge is 0.351 e. The Labute approximate surface area is 130 Å². The first-order chi connectivity index (χ1) is 9.96. The summed E-state index contributed by atoms with van der Waals surface area (Å²) in [6.07, 6.45) is 1.58. The second-order valence-electron chi connectivity index (χ2n) is 5.03. The van der Waals surface area contributed by atoms with Crippen molar-refractivity contribution in [2.24, 2.45) is 11.7 Å². The van der Waals surface area contributed by atoms with E-state index in [0.717, 1.165) is 23.3 Å². The fraction of sp³-hybridized carbons (Fsp3) is 0.600. The van der Waals surface area contributed by atoms with Gasteiger partial charge in [0.05, 0.1) is 5.56 Å². The van der Waals surface area contributed by atoms with Crippen molar-refractivity contribution in [1.29, 1.82) is 0 Å². The van der Waals surface area contributed by atoms with Gasteiger partial charge in [0.25, 0.3) is 5.91 Å². The van der Waals surface area contributed by atoms with Crippen molar-refractivity contribution in [3.8, 4) is 0 Å². The molecule has 0 aliphatic rings. The monoisotopic (exact) mass is 311 g/mol. The molecule has 4 N–H and O–H groups in total. The van der Waals surface area contributed by atoms with Crippen LogP contribution in [-0.2, 0) is 4.79 Å². The van der Waals surface area contributed by atoms with Crippen LogP contribution in [0.25, 0.3) is 0 Å². The molecule has 5 nitrogen and oxygen atoms in total. The third-order valence-electron chi connectivity index (χ3n) is 3.64. The zero-order chi connectivity index (χ0) is 16.0. The van der Waals surface area contributed by atoms with Gasteiger partial charge in [-0.05, 0) is 32.3 Å². The molecule has 0 atom stereocenters. The van der Waals surface area contributed by atoms with Crippen LogP contribution in [0.2, 0.25) is 0 Å². The van der Waals surface area contributed by atoms with E-state index in [9.17, 15) is 9.59 Å². The van der Waals surface area contributed by atoms with Crippen molar-refractivity contribution < 1.29 is 9.59 Å². The van der Waals surface area contributed by atoms with E-state index in [2.05, 4.69) is 10.6 Å². The number of carbonyl (C=O) groups is 2. The van der Waals surface area contributed by atoms with E-state index in [0.29, 0.717) is 23.7 Å². The van der Waals surface area contributed by atoms with Crippen LogP contribution in [0.5, 0.6) is 0 Å². The molecule has 0 spiro atoms. The van der Waals surface area contributed by atoms with Gasteiger partial charge in [-0.2, -0.15) is 0 Å². The molecule has 1 aromatic heterocycles. The number of aryl methyl sites for hydroxylation is 1. The van der Waals surface area contributed by atoms with Gasteiger partial charge >= 0.3 is 0 Å².